The molecular formula is C43H53N5O8. The number of ether oxygens (including phenoxy) is 2. The molecule has 4 aromatic rings. The number of amides is 3. The summed E-state index contributed by atoms with van der Waals surface area (Å²) in [7, 11) is 0. The number of carbonyl (C=O) groups excluding carboxylic acids is 4. The molecule has 0 spiro atoms. The van der Waals surface area contributed by atoms with Gasteiger partial charge in [0.2, 0.25) is 11.8 Å². The van der Waals surface area contributed by atoms with Gasteiger partial charge in [-0.2, -0.15) is 0 Å². The summed E-state index contributed by atoms with van der Waals surface area (Å²) in [5, 5.41) is 14.4. The molecular weight excluding hydrogens is 714 g/mol. The number of benzene rings is 3. The molecule has 0 bridgehead atoms. The monoisotopic (exact) mass is 767 g/mol. The number of likely N-dealkylation sites (tertiary alicyclic amines) is 2. The van der Waals surface area contributed by atoms with Crippen LogP contribution in [0, 0.1) is 5.92 Å². The standard InChI is InChI=1S/C43H53N5O8/c44-23-11-10-18-32(39(50)40-45-34-19-8-9-20-38(34)56-40)26-37(49)36-27-33(55-43(53)47-24-12-3-13-25-47)28-48(36)41(51)35(22-21-30-14-4-1-5-15-30)46-42(52)54-29-31-16-6-2-7-17-31/h1-2,4-9,14-17,19-20,32-33,35-36,39,50H,3,10-13,18,21-29,44H2,(H,46,52)/t32-,33-,35-,36+,39?/m1/s1. The van der Waals surface area contributed by atoms with Gasteiger partial charge in [-0.3, -0.25) is 9.59 Å². The number of alkyl carbamates (subject to hydrolysis) is 1. The zero-order valence-electron chi connectivity index (χ0n) is 31.8. The van der Waals surface area contributed by atoms with E-state index in [0.717, 1.165) is 30.4 Å². The Morgan fingerprint density at radius 2 is 1.59 bits per heavy atom. The highest BCUT2D eigenvalue weighted by Gasteiger charge is 2.45. The third kappa shape index (κ3) is 10.9. The zero-order chi connectivity index (χ0) is 39.3. The van der Waals surface area contributed by atoms with Crippen LogP contribution in [0.5, 0.6) is 0 Å². The molecule has 298 valence electrons. The van der Waals surface area contributed by atoms with Crippen molar-refractivity contribution in [1.82, 2.24) is 20.1 Å². The number of aromatic nitrogens is 1. The first-order valence-corrected chi connectivity index (χ1v) is 19.8. The molecule has 0 aliphatic carbocycles. The number of aliphatic hydroxyl groups is 1. The number of carbonyl (C=O) groups is 4. The van der Waals surface area contributed by atoms with Gasteiger partial charge in [0, 0.05) is 31.8 Å². The Bertz CT molecular complexity index is 1850. The molecule has 1 unspecified atom stereocenters. The molecule has 2 aliphatic heterocycles. The van der Waals surface area contributed by atoms with E-state index < -0.39 is 48.3 Å². The Balaban J connectivity index is 1.23. The number of nitrogens with zero attached hydrogens (tertiary/aromatic N) is 3. The first-order chi connectivity index (χ1) is 27.3. The van der Waals surface area contributed by atoms with Crippen LogP contribution in [0.15, 0.2) is 89.3 Å². The lowest BCUT2D eigenvalue weighted by molar-refractivity contribution is -0.140. The Morgan fingerprint density at radius 3 is 2.30 bits per heavy atom. The number of unbranched alkanes of at least 4 members (excludes halogenated alkanes) is 1. The van der Waals surface area contributed by atoms with Gasteiger partial charge < -0.3 is 39.8 Å². The summed E-state index contributed by atoms with van der Waals surface area (Å²) < 4.78 is 17.4. The van der Waals surface area contributed by atoms with Gasteiger partial charge in [-0.05, 0) is 74.8 Å². The molecule has 3 aromatic carbocycles. The second-order valence-electron chi connectivity index (χ2n) is 14.8. The minimum atomic E-state index is -1.19. The van der Waals surface area contributed by atoms with Crippen molar-refractivity contribution < 1.29 is 38.2 Å². The maximum atomic E-state index is 14.6. The predicted molar refractivity (Wildman–Crippen MR) is 209 cm³/mol. The molecule has 13 nitrogen and oxygen atoms in total. The van der Waals surface area contributed by atoms with Crippen molar-refractivity contribution in [2.24, 2.45) is 11.7 Å². The lowest BCUT2D eigenvalue weighted by atomic mass is 9.88. The molecule has 6 rings (SSSR count). The highest BCUT2D eigenvalue weighted by atomic mass is 16.6. The normalized spacial score (nSPS) is 18.6. The third-order valence-corrected chi connectivity index (χ3v) is 10.7. The third-order valence-electron chi connectivity index (χ3n) is 10.7. The number of piperidine rings is 1. The summed E-state index contributed by atoms with van der Waals surface area (Å²) >= 11 is 0. The number of nitrogens with two attached hydrogens (primary N) is 1. The smallest absolute Gasteiger partial charge is 0.410 e. The molecule has 3 heterocycles. The van der Waals surface area contributed by atoms with E-state index >= 15 is 0 Å². The van der Waals surface area contributed by atoms with E-state index in [0.29, 0.717) is 56.4 Å². The van der Waals surface area contributed by atoms with Gasteiger partial charge >= 0.3 is 12.2 Å². The molecule has 5 atom stereocenters. The molecule has 4 N–H and O–H groups in total. The first-order valence-electron chi connectivity index (χ1n) is 19.8. The van der Waals surface area contributed by atoms with Crippen LogP contribution in [0.2, 0.25) is 0 Å². The fourth-order valence-corrected chi connectivity index (χ4v) is 7.58. The highest BCUT2D eigenvalue weighted by Crippen LogP contribution is 2.34. The summed E-state index contributed by atoms with van der Waals surface area (Å²) in [5.41, 5.74) is 8.68. The number of hydrogen-bond acceptors (Lipinski definition) is 10. The van der Waals surface area contributed by atoms with Crippen molar-refractivity contribution in [3.63, 3.8) is 0 Å². The van der Waals surface area contributed by atoms with Gasteiger partial charge in [-0.15, -0.1) is 0 Å². The lowest BCUT2D eigenvalue weighted by Gasteiger charge is -2.30. The Labute approximate surface area is 327 Å². The van der Waals surface area contributed by atoms with Crippen molar-refractivity contribution in [3.05, 3.63) is 102 Å². The summed E-state index contributed by atoms with van der Waals surface area (Å²) in [6, 6.07) is 24.0. The highest BCUT2D eigenvalue weighted by molar-refractivity contribution is 5.93. The number of fused-ring (bicyclic) bond motifs is 1. The summed E-state index contributed by atoms with van der Waals surface area (Å²) in [5.74, 6) is -1.25. The quantitative estimate of drug-likeness (QED) is 0.107. The second kappa shape index (κ2) is 20.1. The summed E-state index contributed by atoms with van der Waals surface area (Å²) in [6.45, 7) is 1.62. The van der Waals surface area contributed by atoms with Gasteiger partial charge in [0.15, 0.2) is 11.4 Å². The number of Topliss-reactive ketones (excluding diaryl/α,β-unsaturated/α-hetero) is 1. The Morgan fingerprint density at radius 1 is 0.893 bits per heavy atom. The van der Waals surface area contributed by atoms with E-state index in [-0.39, 0.29) is 44.1 Å². The summed E-state index contributed by atoms with van der Waals surface area (Å²) in [6.07, 6.45) is 2.15. The molecule has 0 saturated carbocycles. The zero-order valence-corrected chi connectivity index (χ0v) is 31.8. The van der Waals surface area contributed by atoms with Gasteiger partial charge in [-0.25, -0.2) is 14.6 Å². The average molecular weight is 768 g/mol. The van der Waals surface area contributed by atoms with Gasteiger partial charge in [0.1, 0.15) is 30.4 Å². The summed E-state index contributed by atoms with van der Waals surface area (Å²) in [4.78, 5) is 63.2. The second-order valence-corrected chi connectivity index (χ2v) is 14.8. The fourth-order valence-electron chi connectivity index (χ4n) is 7.58. The van der Waals surface area contributed by atoms with Crippen LogP contribution >= 0.6 is 0 Å². The maximum Gasteiger partial charge on any atom is 0.410 e. The molecule has 2 saturated heterocycles. The van der Waals surface area contributed by atoms with Crippen molar-refractivity contribution in [1.29, 1.82) is 0 Å². The number of rotatable bonds is 17. The SMILES string of the molecule is NCCCC[C@H](CC(=O)[C@@H]1C[C@@H](OC(=O)N2CCCCC2)CN1C(=O)[C@@H](CCc1ccccc1)NC(=O)OCc1ccccc1)C(O)c1nc2ccccc2o1. The minimum absolute atomic E-state index is 0.0135. The number of oxazole rings is 1. The number of aliphatic hydroxyl groups excluding tert-OH is 1. The van der Waals surface area contributed by atoms with Crippen LogP contribution in [-0.2, 0) is 32.1 Å². The minimum Gasteiger partial charge on any atom is -0.445 e. The van der Waals surface area contributed by atoms with E-state index in [9.17, 15) is 24.3 Å². The number of hydrogen-bond donors (Lipinski definition) is 3. The molecule has 56 heavy (non-hydrogen) atoms. The van der Waals surface area contributed by atoms with E-state index in [2.05, 4.69) is 10.3 Å². The van der Waals surface area contributed by atoms with E-state index in [1.165, 1.54) is 4.90 Å². The van der Waals surface area contributed by atoms with Crippen LogP contribution in [-0.4, -0.2) is 88.1 Å². The number of aryl methyl sites for hydroxylation is 1. The van der Waals surface area contributed by atoms with Crippen LogP contribution < -0.4 is 11.1 Å². The number of nitrogens with one attached hydrogen (secondary N) is 1. The molecule has 2 fully saturated rings. The van der Waals surface area contributed by atoms with Crippen LogP contribution in [0.4, 0.5) is 9.59 Å². The largest absolute Gasteiger partial charge is 0.445 e. The first kappa shape index (κ1) is 40.4. The maximum absolute atomic E-state index is 14.6. The van der Waals surface area contributed by atoms with E-state index in [4.69, 9.17) is 19.6 Å². The van der Waals surface area contributed by atoms with Crippen molar-refractivity contribution >= 4 is 35.0 Å². The van der Waals surface area contributed by atoms with E-state index in [1.807, 2.05) is 72.8 Å². The number of ketones is 1. The van der Waals surface area contributed by atoms with E-state index in [1.54, 1.807) is 17.0 Å². The van der Waals surface area contributed by atoms with Crippen LogP contribution in [0.3, 0.4) is 0 Å². The lowest BCUT2D eigenvalue weighted by Crippen LogP contribution is -2.52. The van der Waals surface area contributed by atoms with Crippen molar-refractivity contribution in [2.75, 3.05) is 26.2 Å². The molecule has 3 amide bonds. The van der Waals surface area contributed by atoms with Gasteiger partial charge in [-0.1, -0.05) is 79.2 Å². The molecule has 1 aromatic heterocycles. The Kier molecular flexibility index (Phi) is 14.5. The Hall–Kier alpha value is -5.27. The van der Waals surface area contributed by atoms with Crippen molar-refractivity contribution in [2.45, 2.75) is 95.1 Å². The van der Waals surface area contributed by atoms with Gasteiger partial charge in [0.05, 0.1) is 12.6 Å². The molecule has 2 aliphatic rings. The van der Waals surface area contributed by atoms with Crippen LogP contribution in [0.25, 0.3) is 11.1 Å². The fraction of sp³-hybridized carbons (Fsp3) is 0.465. The van der Waals surface area contributed by atoms with Gasteiger partial charge in [0.25, 0.3) is 0 Å². The van der Waals surface area contributed by atoms with Crippen molar-refractivity contribution in [3.8, 4) is 0 Å². The molecule has 13 heteroatoms. The topological polar surface area (TPSA) is 178 Å². The predicted octanol–water partition coefficient (Wildman–Crippen LogP) is 6.09. The average Bonchev–Trinajstić information content (AvgIpc) is 3.87. The molecule has 0 radical (unpaired) electrons. The van der Waals surface area contributed by atoms with Crippen LogP contribution in [0.1, 0.15) is 80.9 Å². The number of para-hydroxylation sites is 2.